The van der Waals surface area contributed by atoms with Gasteiger partial charge in [-0.05, 0) is 41.8 Å². The van der Waals surface area contributed by atoms with Gasteiger partial charge in [0.15, 0.2) is 0 Å². The Morgan fingerprint density at radius 2 is 2.20 bits per heavy atom. The number of anilines is 2. The average molecular weight is 343 g/mol. The Balaban J connectivity index is 1.56. The van der Waals surface area contributed by atoms with E-state index in [-0.39, 0.29) is 19.0 Å². The molecule has 0 radical (unpaired) electrons. The van der Waals surface area contributed by atoms with Crippen molar-refractivity contribution in [3.05, 3.63) is 53.6 Å². The van der Waals surface area contributed by atoms with Gasteiger partial charge in [-0.2, -0.15) is 0 Å². The van der Waals surface area contributed by atoms with E-state index in [1.807, 2.05) is 17.2 Å². The largest absolute Gasteiger partial charge is 0.441 e. The molecule has 1 atom stereocenters. The second-order valence-corrected chi connectivity index (χ2v) is 6.25. The van der Waals surface area contributed by atoms with Crippen molar-refractivity contribution in [2.45, 2.75) is 19.1 Å². The quantitative estimate of drug-likeness (QED) is 0.925. The molecule has 1 N–H and O–H groups in total. The highest BCUT2D eigenvalue weighted by Gasteiger charge is 2.32. The number of aliphatic hydroxyl groups is 1. The Labute approximate surface area is 144 Å². The van der Waals surface area contributed by atoms with E-state index in [2.05, 4.69) is 4.98 Å². The third-order valence-corrected chi connectivity index (χ3v) is 4.68. The first-order valence-corrected chi connectivity index (χ1v) is 8.21. The first kappa shape index (κ1) is 15.8. The van der Waals surface area contributed by atoms with Gasteiger partial charge in [0, 0.05) is 25.5 Å². The fraction of sp³-hybridized carbons (Fsp3) is 0.333. The van der Waals surface area contributed by atoms with Crippen LogP contribution in [0.25, 0.3) is 0 Å². The number of aromatic nitrogens is 1. The molecule has 2 aliphatic rings. The van der Waals surface area contributed by atoms with Gasteiger partial charge in [-0.1, -0.05) is 0 Å². The number of amides is 1. The van der Waals surface area contributed by atoms with Gasteiger partial charge in [0.1, 0.15) is 11.9 Å². The standard InChI is InChI=1S/C18H18FN3O3/c19-16-7-14(22-10-15(11-23)25-18(22)24)1-2-17(16)21-6-4-12-8-20-5-3-13(12)9-21/h1-3,5,7-8,15,23H,4,6,9-11H2/t15-/m1/s1. The van der Waals surface area contributed by atoms with Gasteiger partial charge in [0.2, 0.25) is 0 Å². The Hall–Kier alpha value is -2.67. The number of cyclic esters (lactones) is 1. The van der Waals surface area contributed by atoms with Crippen molar-refractivity contribution >= 4 is 17.5 Å². The molecule has 25 heavy (non-hydrogen) atoms. The molecule has 2 aliphatic heterocycles. The molecule has 0 spiro atoms. The van der Waals surface area contributed by atoms with Gasteiger partial charge in [0.25, 0.3) is 0 Å². The first-order chi connectivity index (χ1) is 12.2. The minimum atomic E-state index is -0.567. The van der Waals surface area contributed by atoms with Crippen molar-refractivity contribution in [2.24, 2.45) is 0 Å². The topological polar surface area (TPSA) is 65.9 Å². The van der Waals surface area contributed by atoms with Gasteiger partial charge in [-0.25, -0.2) is 9.18 Å². The van der Waals surface area contributed by atoms with E-state index in [0.29, 0.717) is 24.5 Å². The second-order valence-electron chi connectivity index (χ2n) is 6.25. The predicted molar refractivity (Wildman–Crippen MR) is 90.1 cm³/mol. The van der Waals surface area contributed by atoms with Crippen LogP contribution in [0.5, 0.6) is 0 Å². The third kappa shape index (κ3) is 2.91. The molecule has 1 aromatic heterocycles. The molecule has 6 nitrogen and oxygen atoms in total. The molecule has 130 valence electrons. The Kier molecular flexibility index (Phi) is 4.01. The number of carbonyl (C=O) groups is 1. The summed E-state index contributed by atoms with van der Waals surface area (Å²) in [5, 5.41) is 9.11. The highest BCUT2D eigenvalue weighted by atomic mass is 19.1. The summed E-state index contributed by atoms with van der Waals surface area (Å²) >= 11 is 0. The number of aliphatic hydroxyl groups excluding tert-OH is 1. The van der Waals surface area contributed by atoms with Crippen LogP contribution in [0.4, 0.5) is 20.6 Å². The van der Waals surface area contributed by atoms with Gasteiger partial charge in [-0.3, -0.25) is 9.88 Å². The third-order valence-electron chi connectivity index (χ3n) is 4.68. The molecule has 2 aromatic rings. The SMILES string of the molecule is O=C1O[C@@H](CO)CN1c1ccc(N2CCc3cnccc3C2)c(F)c1. The number of benzene rings is 1. The highest BCUT2D eigenvalue weighted by molar-refractivity contribution is 5.90. The lowest BCUT2D eigenvalue weighted by molar-refractivity contribution is 0.0963. The van der Waals surface area contributed by atoms with Crippen molar-refractivity contribution in [2.75, 3.05) is 29.5 Å². The maximum atomic E-state index is 14.7. The van der Waals surface area contributed by atoms with Crippen LogP contribution in [0.2, 0.25) is 0 Å². The zero-order valence-corrected chi connectivity index (χ0v) is 13.6. The van der Waals surface area contributed by atoms with Crippen molar-refractivity contribution in [3.8, 4) is 0 Å². The van der Waals surface area contributed by atoms with E-state index in [1.165, 1.54) is 16.5 Å². The van der Waals surface area contributed by atoms with Gasteiger partial charge in [-0.15, -0.1) is 0 Å². The number of fused-ring (bicyclic) bond motifs is 1. The summed E-state index contributed by atoms with van der Waals surface area (Å²) in [7, 11) is 0. The number of nitrogens with zero attached hydrogens (tertiary/aromatic N) is 3. The molecule has 0 aliphatic carbocycles. The van der Waals surface area contributed by atoms with E-state index in [9.17, 15) is 9.18 Å². The van der Waals surface area contributed by atoms with Crippen LogP contribution in [0.3, 0.4) is 0 Å². The zero-order valence-electron chi connectivity index (χ0n) is 13.6. The van der Waals surface area contributed by atoms with Crippen LogP contribution >= 0.6 is 0 Å². The van der Waals surface area contributed by atoms with Crippen LogP contribution in [-0.2, 0) is 17.7 Å². The lowest BCUT2D eigenvalue weighted by Gasteiger charge is -2.31. The van der Waals surface area contributed by atoms with E-state index in [4.69, 9.17) is 9.84 Å². The van der Waals surface area contributed by atoms with Crippen LogP contribution in [0, 0.1) is 5.82 Å². The Morgan fingerprint density at radius 1 is 1.32 bits per heavy atom. The normalized spacial score (nSPS) is 19.8. The molecule has 7 heteroatoms. The number of ether oxygens (including phenoxy) is 1. The Bertz CT molecular complexity index is 814. The molecule has 1 amide bonds. The minimum absolute atomic E-state index is 0.220. The minimum Gasteiger partial charge on any atom is -0.441 e. The van der Waals surface area contributed by atoms with E-state index in [0.717, 1.165) is 12.0 Å². The molecule has 1 saturated heterocycles. The fourth-order valence-corrected chi connectivity index (χ4v) is 3.33. The van der Waals surface area contributed by atoms with Crippen molar-refractivity contribution < 1.29 is 19.0 Å². The maximum Gasteiger partial charge on any atom is 0.414 e. The number of halogens is 1. The number of pyridine rings is 1. The molecule has 0 saturated carbocycles. The number of hydrogen-bond donors (Lipinski definition) is 1. The summed E-state index contributed by atoms with van der Waals surface area (Å²) < 4.78 is 19.7. The van der Waals surface area contributed by atoms with Crippen molar-refractivity contribution in [1.29, 1.82) is 0 Å². The summed E-state index contributed by atoms with van der Waals surface area (Å²) in [6.45, 7) is 1.32. The Morgan fingerprint density at radius 3 is 2.96 bits per heavy atom. The van der Waals surface area contributed by atoms with Crippen LogP contribution < -0.4 is 9.80 Å². The molecule has 1 aromatic carbocycles. The van der Waals surface area contributed by atoms with Crippen LogP contribution in [0.15, 0.2) is 36.7 Å². The summed E-state index contributed by atoms with van der Waals surface area (Å²) in [6, 6.07) is 6.71. The molecule has 0 unspecified atom stereocenters. The van der Waals surface area contributed by atoms with Crippen molar-refractivity contribution in [1.82, 2.24) is 4.98 Å². The predicted octanol–water partition coefficient (Wildman–Crippen LogP) is 2.10. The number of hydrogen-bond acceptors (Lipinski definition) is 5. The van der Waals surface area contributed by atoms with E-state index < -0.39 is 12.2 Å². The summed E-state index contributed by atoms with van der Waals surface area (Å²) in [5.74, 6) is -0.379. The number of carbonyl (C=O) groups excluding carboxylic acids is 1. The highest BCUT2D eigenvalue weighted by Crippen LogP contribution is 2.30. The molecule has 3 heterocycles. The zero-order chi connectivity index (χ0) is 17.4. The molecular formula is C18H18FN3O3. The first-order valence-electron chi connectivity index (χ1n) is 8.21. The summed E-state index contributed by atoms with van der Waals surface area (Å²) in [4.78, 5) is 19.3. The summed E-state index contributed by atoms with van der Waals surface area (Å²) in [5.41, 5.74) is 3.30. The number of rotatable bonds is 3. The van der Waals surface area contributed by atoms with Gasteiger partial charge < -0.3 is 14.7 Å². The second kappa shape index (κ2) is 6.33. The van der Waals surface area contributed by atoms with Gasteiger partial charge >= 0.3 is 6.09 Å². The maximum absolute atomic E-state index is 14.7. The van der Waals surface area contributed by atoms with E-state index >= 15 is 0 Å². The molecule has 0 bridgehead atoms. The molecule has 1 fully saturated rings. The van der Waals surface area contributed by atoms with Crippen molar-refractivity contribution in [3.63, 3.8) is 0 Å². The fourth-order valence-electron chi connectivity index (χ4n) is 3.33. The molecular weight excluding hydrogens is 325 g/mol. The van der Waals surface area contributed by atoms with E-state index in [1.54, 1.807) is 18.3 Å². The lowest BCUT2D eigenvalue weighted by atomic mass is 10.0. The van der Waals surface area contributed by atoms with Gasteiger partial charge in [0.05, 0.1) is 24.5 Å². The summed E-state index contributed by atoms with van der Waals surface area (Å²) in [6.07, 6.45) is 3.30. The average Bonchev–Trinajstić information content (AvgIpc) is 3.02. The van der Waals surface area contributed by atoms with Crippen LogP contribution in [0.1, 0.15) is 11.1 Å². The lowest BCUT2D eigenvalue weighted by Crippen LogP contribution is -2.31. The molecule has 4 rings (SSSR count). The monoisotopic (exact) mass is 343 g/mol. The van der Waals surface area contributed by atoms with Crippen LogP contribution in [-0.4, -0.2) is 42.0 Å². The smallest absolute Gasteiger partial charge is 0.414 e.